The Morgan fingerprint density at radius 3 is 2.68 bits per heavy atom. The summed E-state index contributed by atoms with van der Waals surface area (Å²) in [5.41, 5.74) is 1.97. The first-order valence-electron chi connectivity index (χ1n) is 7.54. The van der Waals surface area contributed by atoms with Crippen LogP contribution in [-0.4, -0.2) is 31.5 Å². The summed E-state index contributed by atoms with van der Waals surface area (Å²) >= 11 is 0. The number of fused-ring (bicyclic) bond motifs is 1. The topological polar surface area (TPSA) is 75.3 Å². The standard InChI is InChI=1S/C16H17N5O/c22-13-5-1-11(2-6-13)9-10-17-14-7-8-15-18-19-16(12-3-4-12)21(15)20-14/h1-2,5-8,12,22H,3-4,9-10H2,(H,17,20). The molecule has 22 heavy (non-hydrogen) atoms. The van der Waals surface area contributed by atoms with E-state index in [1.807, 2.05) is 28.8 Å². The molecule has 0 bridgehead atoms. The Kier molecular flexibility index (Phi) is 3.14. The quantitative estimate of drug-likeness (QED) is 0.756. The Bertz CT molecular complexity index is 792. The summed E-state index contributed by atoms with van der Waals surface area (Å²) in [6.45, 7) is 0.782. The Hall–Kier alpha value is -2.63. The number of phenolic OH excluding ortho intramolecular Hbond substituents is 1. The second kappa shape index (κ2) is 5.29. The average molecular weight is 295 g/mol. The third-order valence-electron chi connectivity index (χ3n) is 3.89. The molecule has 6 nitrogen and oxygen atoms in total. The highest BCUT2D eigenvalue weighted by Crippen LogP contribution is 2.38. The van der Waals surface area contributed by atoms with Gasteiger partial charge in [0.05, 0.1) is 0 Å². The molecule has 0 saturated heterocycles. The van der Waals surface area contributed by atoms with E-state index >= 15 is 0 Å². The molecule has 1 fully saturated rings. The molecular weight excluding hydrogens is 278 g/mol. The summed E-state index contributed by atoms with van der Waals surface area (Å²) in [6, 6.07) is 11.1. The fourth-order valence-corrected chi connectivity index (χ4v) is 2.49. The van der Waals surface area contributed by atoms with Crippen molar-refractivity contribution in [2.24, 2.45) is 0 Å². The first-order chi connectivity index (χ1) is 10.8. The molecule has 0 radical (unpaired) electrons. The first-order valence-corrected chi connectivity index (χ1v) is 7.54. The zero-order valence-electron chi connectivity index (χ0n) is 12.1. The molecule has 1 aromatic carbocycles. The summed E-state index contributed by atoms with van der Waals surface area (Å²) in [7, 11) is 0. The lowest BCUT2D eigenvalue weighted by atomic mass is 10.1. The predicted molar refractivity (Wildman–Crippen MR) is 83.1 cm³/mol. The molecule has 2 heterocycles. The Morgan fingerprint density at radius 2 is 1.91 bits per heavy atom. The lowest BCUT2D eigenvalue weighted by Crippen LogP contribution is -2.08. The van der Waals surface area contributed by atoms with Crippen LogP contribution in [0.4, 0.5) is 5.82 Å². The van der Waals surface area contributed by atoms with Crippen LogP contribution in [0.25, 0.3) is 5.65 Å². The minimum atomic E-state index is 0.295. The maximum absolute atomic E-state index is 9.28. The Labute approximate surface area is 127 Å². The summed E-state index contributed by atoms with van der Waals surface area (Å²) in [6.07, 6.45) is 3.24. The maximum Gasteiger partial charge on any atom is 0.178 e. The molecule has 112 valence electrons. The van der Waals surface area contributed by atoms with Gasteiger partial charge in [0.15, 0.2) is 11.5 Å². The van der Waals surface area contributed by atoms with Crippen molar-refractivity contribution >= 4 is 11.5 Å². The van der Waals surface area contributed by atoms with Crippen LogP contribution in [0.5, 0.6) is 5.75 Å². The number of nitrogens with one attached hydrogen (secondary N) is 1. The van der Waals surface area contributed by atoms with Crippen molar-refractivity contribution in [1.29, 1.82) is 0 Å². The number of phenols is 1. The van der Waals surface area contributed by atoms with Crippen LogP contribution in [0.2, 0.25) is 0 Å². The van der Waals surface area contributed by atoms with Crippen LogP contribution < -0.4 is 5.32 Å². The van der Waals surface area contributed by atoms with E-state index in [2.05, 4.69) is 20.6 Å². The Balaban J connectivity index is 1.45. The highest BCUT2D eigenvalue weighted by atomic mass is 16.3. The van der Waals surface area contributed by atoms with Gasteiger partial charge in [-0.2, -0.15) is 4.52 Å². The molecule has 2 N–H and O–H groups in total. The normalized spacial score (nSPS) is 14.4. The van der Waals surface area contributed by atoms with Gasteiger partial charge in [0.2, 0.25) is 0 Å². The smallest absolute Gasteiger partial charge is 0.178 e. The van der Waals surface area contributed by atoms with Gasteiger partial charge in [0.25, 0.3) is 0 Å². The van der Waals surface area contributed by atoms with Gasteiger partial charge < -0.3 is 10.4 Å². The van der Waals surface area contributed by atoms with Gasteiger partial charge in [0.1, 0.15) is 11.6 Å². The predicted octanol–water partition coefficient (Wildman–Crippen LogP) is 2.36. The number of hydrogen-bond acceptors (Lipinski definition) is 5. The summed E-state index contributed by atoms with van der Waals surface area (Å²) in [5, 5.41) is 25.6. The molecular formula is C16H17N5O. The largest absolute Gasteiger partial charge is 0.508 e. The number of benzene rings is 1. The fraction of sp³-hybridized carbons (Fsp3) is 0.312. The van der Waals surface area contributed by atoms with Crippen LogP contribution in [0.15, 0.2) is 36.4 Å². The van der Waals surface area contributed by atoms with Crippen LogP contribution in [-0.2, 0) is 6.42 Å². The van der Waals surface area contributed by atoms with Gasteiger partial charge in [-0.15, -0.1) is 15.3 Å². The molecule has 3 aromatic rings. The number of hydrogen-bond donors (Lipinski definition) is 2. The van der Waals surface area contributed by atoms with E-state index in [0.717, 1.165) is 30.3 Å². The molecule has 2 aromatic heterocycles. The molecule has 6 heteroatoms. The van der Waals surface area contributed by atoms with Crippen molar-refractivity contribution in [3.63, 3.8) is 0 Å². The molecule has 0 atom stereocenters. The highest BCUT2D eigenvalue weighted by molar-refractivity contribution is 5.44. The minimum absolute atomic E-state index is 0.295. The number of nitrogens with zero attached hydrogens (tertiary/aromatic N) is 4. The van der Waals surface area contributed by atoms with Gasteiger partial charge in [-0.25, -0.2) is 0 Å². The molecule has 4 rings (SSSR count). The van der Waals surface area contributed by atoms with E-state index < -0.39 is 0 Å². The highest BCUT2D eigenvalue weighted by Gasteiger charge is 2.29. The van der Waals surface area contributed by atoms with Crippen LogP contribution >= 0.6 is 0 Å². The first kappa shape index (κ1) is 13.1. The second-order valence-electron chi connectivity index (χ2n) is 5.66. The van der Waals surface area contributed by atoms with Gasteiger partial charge in [-0.1, -0.05) is 12.1 Å². The molecule has 0 aliphatic heterocycles. The molecule has 0 spiro atoms. The fourth-order valence-electron chi connectivity index (χ4n) is 2.49. The van der Waals surface area contributed by atoms with Crippen molar-refractivity contribution in [2.45, 2.75) is 25.2 Å². The van der Waals surface area contributed by atoms with Crippen LogP contribution in [0, 0.1) is 0 Å². The average Bonchev–Trinajstić information content (AvgIpc) is 3.29. The van der Waals surface area contributed by atoms with Crippen molar-refractivity contribution in [1.82, 2.24) is 19.8 Å². The van der Waals surface area contributed by atoms with Gasteiger partial charge in [0, 0.05) is 12.5 Å². The molecule has 0 unspecified atom stereocenters. The van der Waals surface area contributed by atoms with E-state index in [0.29, 0.717) is 11.7 Å². The SMILES string of the molecule is Oc1ccc(CCNc2ccc3nnc(C4CC4)n3n2)cc1. The van der Waals surface area contributed by atoms with Gasteiger partial charge in [-0.3, -0.25) is 0 Å². The van der Waals surface area contributed by atoms with Gasteiger partial charge >= 0.3 is 0 Å². The summed E-state index contributed by atoms with van der Waals surface area (Å²) in [5.74, 6) is 2.61. The van der Waals surface area contributed by atoms with E-state index in [1.165, 1.54) is 18.4 Å². The van der Waals surface area contributed by atoms with E-state index in [9.17, 15) is 5.11 Å². The van der Waals surface area contributed by atoms with E-state index in [4.69, 9.17) is 0 Å². The van der Waals surface area contributed by atoms with Crippen LogP contribution in [0.1, 0.15) is 30.1 Å². The van der Waals surface area contributed by atoms with Crippen molar-refractivity contribution in [3.05, 3.63) is 47.8 Å². The van der Waals surface area contributed by atoms with Crippen molar-refractivity contribution < 1.29 is 5.11 Å². The zero-order chi connectivity index (χ0) is 14.9. The van der Waals surface area contributed by atoms with E-state index in [1.54, 1.807) is 12.1 Å². The number of aromatic hydroxyl groups is 1. The zero-order valence-corrected chi connectivity index (χ0v) is 12.1. The summed E-state index contributed by atoms with van der Waals surface area (Å²) < 4.78 is 1.85. The lowest BCUT2D eigenvalue weighted by Gasteiger charge is -2.06. The number of rotatable bonds is 5. The monoisotopic (exact) mass is 295 g/mol. The minimum Gasteiger partial charge on any atom is -0.508 e. The lowest BCUT2D eigenvalue weighted by molar-refractivity contribution is 0.475. The Morgan fingerprint density at radius 1 is 1.09 bits per heavy atom. The maximum atomic E-state index is 9.28. The molecule has 1 aliphatic carbocycles. The number of aromatic nitrogens is 4. The van der Waals surface area contributed by atoms with Gasteiger partial charge in [-0.05, 0) is 49.1 Å². The molecule has 0 amide bonds. The second-order valence-corrected chi connectivity index (χ2v) is 5.66. The number of anilines is 1. The molecule has 1 aliphatic rings. The summed E-state index contributed by atoms with van der Waals surface area (Å²) in [4.78, 5) is 0. The van der Waals surface area contributed by atoms with E-state index in [-0.39, 0.29) is 0 Å². The van der Waals surface area contributed by atoms with Crippen molar-refractivity contribution in [2.75, 3.05) is 11.9 Å². The third kappa shape index (κ3) is 2.59. The van der Waals surface area contributed by atoms with Crippen molar-refractivity contribution in [3.8, 4) is 5.75 Å². The molecule has 1 saturated carbocycles. The van der Waals surface area contributed by atoms with Crippen LogP contribution in [0.3, 0.4) is 0 Å². The third-order valence-corrected chi connectivity index (χ3v) is 3.89.